The summed E-state index contributed by atoms with van der Waals surface area (Å²) in [6, 6.07) is 0. The average Bonchev–Trinajstić information content (AvgIpc) is 2.51. The minimum Gasteiger partial charge on any atom is -0.0885 e. The minimum atomic E-state index is -0.0467. The molecule has 0 heterocycles. The molecule has 1 atom stereocenters. The normalized spacial score (nSPS) is 26.5. The monoisotopic (exact) mass is 270 g/mol. The lowest BCUT2D eigenvalue weighted by Gasteiger charge is -2.34. The first-order chi connectivity index (χ1) is 9.45. The molecule has 3 rings (SSSR count). The van der Waals surface area contributed by atoms with Crippen molar-refractivity contribution in [1.29, 1.82) is 0 Å². The van der Waals surface area contributed by atoms with Gasteiger partial charge >= 0.3 is 0 Å². The zero-order valence-electron chi connectivity index (χ0n) is 11.6. The third-order valence-electron chi connectivity index (χ3n) is 4.21. The summed E-state index contributed by atoms with van der Waals surface area (Å²) < 4.78 is 0. The molecule has 0 bridgehead atoms. The summed E-state index contributed by atoms with van der Waals surface area (Å²) >= 11 is 0. The molecule has 0 aromatic rings. The third kappa shape index (κ3) is 3.18. The second-order valence-electron chi connectivity index (χ2n) is 5.56. The van der Waals surface area contributed by atoms with E-state index in [-0.39, 0.29) is 7.92 Å². The molecule has 0 amide bonds. The van der Waals surface area contributed by atoms with E-state index in [1.54, 1.807) is 10.6 Å². The van der Waals surface area contributed by atoms with Crippen molar-refractivity contribution in [1.82, 2.24) is 0 Å². The molecule has 0 saturated carbocycles. The first-order valence-corrected chi connectivity index (χ1v) is 9.02. The maximum absolute atomic E-state index is 2.42. The molecule has 0 nitrogen and oxygen atoms in total. The molecule has 0 aromatic heterocycles. The zero-order chi connectivity index (χ0) is 12.9. The fraction of sp³-hybridized carbons (Fsp3) is 0.444. The van der Waals surface area contributed by atoms with Gasteiger partial charge in [0.25, 0.3) is 0 Å². The van der Waals surface area contributed by atoms with Gasteiger partial charge < -0.3 is 0 Å². The largest absolute Gasteiger partial charge is 0.0885 e. The van der Waals surface area contributed by atoms with E-state index < -0.39 is 0 Å². The van der Waals surface area contributed by atoms with E-state index in [1.165, 1.54) is 44.9 Å². The smallest absolute Gasteiger partial charge is 0.00974 e. The van der Waals surface area contributed by atoms with Gasteiger partial charge in [0.15, 0.2) is 0 Å². The van der Waals surface area contributed by atoms with Crippen LogP contribution < -0.4 is 0 Å². The molecule has 100 valence electrons. The lowest BCUT2D eigenvalue weighted by molar-refractivity contribution is 0.737. The molecule has 1 unspecified atom stereocenters. The summed E-state index contributed by atoms with van der Waals surface area (Å²) in [5, 5.41) is 3.50. The van der Waals surface area contributed by atoms with E-state index in [1.807, 2.05) is 0 Å². The van der Waals surface area contributed by atoms with E-state index in [0.717, 1.165) is 5.66 Å². The van der Waals surface area contributed by atoms with Crippen LogP contribution in [0.1, 0.15) is 44.9 Å². The predicted molar refractivity (Wildman–Crippen MR) is 86.6 cm³/mol. The highest BCUT2D eigenvalue weighted by Gasteiger charge is 2.27. The molecule has 3 aliphatic carbocycles. The Morgan fingerprint density at radius 2 is 1.47 bits per heavy atom. The van der Waals surface area contributed by atoms with Crippen molar-refractivity contribution in [2.24, 2.45) is 0 Å². The predicted octanol–water partition coefficient (Wildman–Crippen LogP) is 6.04. The summed E-state index contributed by atoms with van der Waals surface area (Å²) in [5.74, 6) is 0. The molecule has 3 aliphatic rings. The number of hydrogen-bond donors (Lipinski definition) is 0. The van der Waals surface area contributed by atoms with Crippen LogP contribution in [-0.2, 0) is 0 Å². The fourth-order valence-electron chi connectivity index (χ4n) is 3.25. The Morgan fingerprint density at radius 3 is 1.95 bits per heavy atom. The minimum absolute atomic E-state index is 0.0467. The van der Waals surface area contributed by atoms with Gasteiger partial charge in [0, 0.05) is 0 Å². The molecule has 0 aromatic carbocycles. The van der Waals surface area contributed by atoms with Crippen LogP contribution in [0.4, 0.5) is 0 Å². The molecule has 0 fully saturated rings. The number of rotatable bonds is 3. The van der Waals surface area contributed by atoms with E-state index in [0.29, 0.717) is 0 Å². The lowest BCUT2D eigenvalue weighted by Crippen LogP contribution is -2.11. The summed E-state index contributed by atoms with van der Waals surface area (Å²) in [6.07, 6.45) is 27.9. The van der Waals surface area contributed by atoms with Crippen molar-refractivity contribution in [3.8, 4) is 0 Å². The standard InChI is InChI=1S/C18H23P/c1-4-10-16(11-5-1)19(17-12-6-2-7-13-17)18-14-8-3-9-15-18/h1-4,6,8,10,12,18H,5,7,9,11,13-15H2. The van der Waals surface area contributed by atoms with Crippen molar-refractivity contribution in [3.05, 3.63) is 59.2 Å². The quantitative estimate of drug-likeness (QED) is 0.433. The molecule has 1 heteroatoms. The maximum atomic E-state index is 2.42. The van der Waals surface area contributed by atoms with Crippen molar-refractivity contribution in [2.45, 2.75) is 50.6 Å². The summed E-state index contributed by atoms with van der Waals surface area (Å²) in [5.41, 5.74) is 0.899. The van der Waals surface area contributed by atoms with E-state index in [9.17, 15) is 0 Å². The van der Waals surface area contributed by atoms with Gasteiger partial charge in [-0.3, -0.25) is 0 Å². The van der Waals surface area contributed by atoms with Gasteiger partial charge in [0.05, 0.1) is 0 Å². The van der Waals surface area contributed by atoms with Gasteiger partial charge in [0.1, 0.15) is 0 Å². The van der Waals surface area contributed by atoms with Crippen LogP contribution in [0.5, 0.6) is 0 Å². The second kappa shape index (κ2) is 6.53. The zero-order valence-corrected chi connectivity index (χ0v) is 12.5. The van der Waals surface area contributed by atoms with Gasteiger partial charge in [-0.15, -0.1) is 0 Å². The average molecular weight is 270 g/mol. The summed E-state index contributed by atoms with van der Waals surface area (Å²) in [4.78, 5) is 0. The van der Waals surface area contributed by atoms with Crippen LogP contribution in [0.25, 0.3) is 0 Å². The fourth-order valence-corrected chi connectivity index (χ4v) is 6.53. The molecule has 19 heavy (non-hydrogen) atoms. The van der Waals surface area contributed by atoms with Gasteiger partial charge in [0.2, 0.25) is 0 Å². The van der Waals surface area contributed by atoms with Crippen LogP contribution in [0.3, 0.4) is 0 Å². The molecule has 0 saturated heterocycles. The van der Waals surface area contributed by atoms with E-state index in [2.05, 4.69) is 48.6 Å². The van der Waals surface area contributed by atoms with Gasteiger partial charge in [-0.1, -0.05) is 48.6 Å². The first-order valence-electron chi connectivity index (χ1n) is 7.61. The molecule has 0 aliphatic heterocycles. The molecular formula is C18H23P. The topological polar surface area (TPSA) is 0 Å². The van der Waals surface area contributed by atoms with Gasteiger partial charge in [-0.05, 0) is 69.2 Å². The van der Waals surface area contributed by atoms with Crippen LogP contribution >= 0.6 is 7.92 Å². The Balaban J connectivity index is 1.88. The Bertz CT molecular complexity index is 430. The van der Waals surface area contributed by atoms with E-state index in [4.69, 9.17) is 0 Å². The van der Waals surface area contributed by atoms with Crippen molar-refractivity contribution < 1.29 is 0 Å². The highest BCUT2D eigenvalue weighted by atomic mass is 31.1. The first kappa shape index (κ1) is 13.1. The number of hydrogen-bond acceptors (Lipinski definition) is 0. The van der Waals surface area contributed by atoms with Crippen LogP contribution in [0.2, 0.25) is 0 Å². The highest BCUT2D eigenvalue weighted by Crippen LogP contribution is 2.62. The number of allylic oxidation sites excluding steroid dienone is 10. The summed E-state index contributed by atoms with van der Waals surface area (Å²) in [7, 11) is -0.0467. The van der Waals surface area contributed by atoms with Crippen LogP contribution in [0.15, 0.2) is 59.2 Å². The van der Waals surface area contributed by atoms with Crippen molar-refractivity contribution in [2.75, 3.05) is 0 Å². The molecule has 0 N–H and O–H groups in total. The Hall–Kier alpha value is -0.870. The third-order valence-corrected chi connectivity index (χ3v) is 7.39. The van der Waals surface area contributed by atoms with Crippen LogP contribution in [-0.4, -0.2) is 5.66 Å². The van der Waals surface area contributed by atoms with Crippen molar-refractivity contribution >= 4 is 7.92 Å². The Labute approximate surface area is 118 Å². The highest BCUT2D eigenvalue weighted by molar-refractivity contribution is 7.67. The lowest BCUT2D eigenvalue weighted by atomic mass is 10.1. The van der Waals surface area contributed by atoms with Gasteiger partial charge in [-0.25, -0.2) is 0 Å². The van der Waals surface area contributed by atoms with E-state index >= 15 is 0 Å². The SMILES string of the molecule is C1=CCCC(P(C2=CC=CCC2)C2CC=CCC2)=C1. The summed E-state index contributed by atoms with van der Waals surface area (Å²) in [6.45, 7) is 0. The van der Waals surface area contributed by atoms with Crippen LogP contribution in [0, 0.1) is 0 Å². The molecule has 0 radical (unpaired) electrons. The Kier molecular flexibility index (Phi) is 4.51. The second-order valence-corrected chi connectivity index (χ2v) is 8.18. The van der Waals surface area contributed by atoms with Crippen molar-refractivity contribution in [3.63, 3.8) is 0 Å². The molecule has 0 spiro atoms. The Morgan fingerprint density at radius 1 is 0.789 bits per heavy atom. The van der Waals surface area contributed by atoms with Gasteiger partial charge in [-0.2, -0.15) is 0 Å². The molecular weight excluding hydrogens is 247 g/mol. The maximum Gasteiger partial charge on any atom is -0.00974 e.